The molecule has 0 heterocycles. The molecule has 0 radical (unpaired) electrons. The Kier molecular flexibility index (Phi) is 5.53. The minimum atomic E-state index is -4.32. The zero-order valence-corrected chi connectivity index (χ0v) is 11.4. The fourth-order valence-electron chi connectivity index (χ4n) is 1.40. The lowest BCUT2D eigenvalue weighted by Gasteiger charge is -2.15. The summed E-state index contributed by atoms with van der Waals surface area (Å²) in [6.45, 7) is 4.20. The number of halogens is 3. The molecule has 1 aromatic carbocycles. The number of thioether (sulfide) groups is 1. The van der Waals surface area contributed by atoms with Crippen molar-refractivity contribution in [3.8, 4) is 0 Å². The summed E-state index contributed by atoms with van der Waals surface area (Å²) in [7, 11) is 0. The summed E-state index contributed by atoms with van der Waals surface area (Å²) < 4.78 is 38.8. The molecule has 0 aliphatic heterocycles. The van der Waals surface area contributed by atoms with Gasteiger partial charge in [0.1, 0.15) is 0 Å². The van der Waals surface area contributed by atoms with Gasteiger partial charge in [-0.1, -0.05) is 26.3 Å². The van der Waals surface area contributed by atoms with E-state index in [1.54, 1.807) is 6.07 Å². The summed E-state index contributed by atoms with van der Waals surface area (Å²) in [6.07, 6.45) is -3.35. The molecule has 0 spiro atoms. The van der Waals surface area contributed by atoms with Crippen molar-refractivity contribution >= 4 is 11.8 Å². The average molecular weight is 277 g/mol. The second kappa shape index (κ2) is 6.48. The van der Waals surface area contributed by atoms with Gasteiger partial charge < -0.3 is 5.73 Å². The molecule has 1 unspecified atom stereocenters. The van der Waals surface area contributed by atoms with Gasteiger partial charge in [0.15, 0.2) is 0 Å². The molecule has 0 aliphatic carbocycles. The van der Waals surface area contributed by atoms with Crippen molar-refractivity contribution in [2.24, 2.45) is 11.7 Å². The first-order chi connectivity index (χ1) is 8.38. The monoisotopic (exact) mass is 277 g/mol. The second-order valence-electron chi connectivity index (χ2n) is 4.36. The second-order valence-corrected chi connectivity index (χ2v) is 5.42. The van der Waals surface area contributed by atoms with E-state index in [0.717, 1.165) is 12.5 Å². The topological polar surface area (TPSA) is 26.0 Å². The van der Waals surface area contributed by atoms with E-state index < -0.39 is 11.7 Å². The maximum absolute atomic E-state index is 12.9. The summed E-state index contributed by atoms with van der Waals surface area (Å²) in [5.41, 5.74) is 5.32. The highest BCUT2D eigenvalue weighted by Gasteiger charge is 2.33. The molecule has 1 aromatic rings. The summed E-state index contributed by atoms with van der Waals surface area (Å²) >= 11 is 1.26. The zero-order chi connectivity index (χ0) is 13.8. The van der Waals surface area contributed by atoms with Crippen LogP contribution in [0.1, 0.15) is 31.4 Å². The Morgan fingerprint density at radius 2 is 2.00 bits per heavy atom. The van der Waals surface area contributed by atoms with Crippen molar-refractivity contribution in [3.63, 3.8) is 0 Å². The molecule has 0 bridgehead atoms. The van der Waals surface area contributed by atoms with Crippen LogP contribution in [0.4, 0.5) is 13.2 Å². The molecule has 1 rings (SSSR count). The van der Waals surface area contributed by atoms with Crippen LogP contribution in [0.2, 0.25) is 0 Å². The Labute approximate surface area is 110 Å². The van der Waals surface area contributed by atoms with Gasteiger partial charge in [-0.2, -0.15) is 13.2 Å². The molecule has 5 heteroatoms. The van der Waals surface area contributed by atoms with Crippen molar-refractivity contribution in [3.05, 3.63) is 29.3 Å². The van der Waals surface area contributed by atoms with Crippen LogP contribution in [-0.2, 0) is 12.7 Å². The molecular weight excluding hydrogens is 259 g/mol. The van der Waals surface area contributed by atoms with Crippen LogP contribution in [0, 0.1) is 5.92 Å². The number of rotatable bonds is 5. The zero-order valence-electron chi connectivity index (χ0n) is 10.6. The van der Waals surface area contributed by atoms with E-state index in [1.807, 2.05) is 13.8 Å². The summed E-state index contributed by atoms with van der Waals surface area (Å²) in [4.78, 5) is 0.292. The average Bonchev–Trinajstić information content (AvgIpc) is 2.34. The largest absolute Gasteiger partial charge is 0.417 e. The highest BCUT2D eigenvalue weighted by molar-refractivity contribution is 7.99. The molecule has 0 amide bonds. The van der Waals surface area contributed by atoms with Gasteiger partial charge in [0.25, 0.3) is 0 Å². The molecule has 0 saturated heterocycles. The molecular formula is C13H18F3NS. The fourth-order valence-corrected chi connectivity index (χ4v) is 2.60. The van der Waals surface area contributed by atoms with E-state index in [4.69, 9.17) is 5.73 Å². The Bertz CT molecular complexity index is 390. The van der Waals surface area contributed by atoms with Gasteiger partial charge in [-0.15, -0.1) is 11.8 Å². The van der Waals surface area contributed by atoms with Gasteiger partial charge in [-0.3, -0.25) is 0 Å². The van der Waals surface area contributed by atoms with Crippen LogP contribution in [-0.4, -0.2) is 5.75 Å². The molecule has 1 nitrogen and oxygen atoms in total. The Hall–Kier alpha value is -0.680. The van der Waals surface area contributed by atoms with Crippen LogP contribution in [0.5, 0.6) is 0 Å². The van der Waals surface area contributed by atoms with Crippen molar-refractivity contribution in [2.75, 3.05) is 5.75 Å². The van der Waals surface area contributed by atoms with Crippen molar-refractivity contribution in [1.82, 2.24) is 0 Å². The van der Waals surface area contributed by atoms with Gasteiger partial charge in [-0.25, -0.2) is 0 Å². The van der Waals surface area contributed by atoms with E-state index in [-0.39, 0.29) is 6.54 Å². The number of nitrogens with two attached hydrogens (primary N) is 1. The van der Waals surface area contributed by atoms with Gasteiger partial charge in [-0.05, 0) is 23.6 Å². The molecule has 0 fully saturated rings. The normalized spacial score (nSPS) is 13.7. The highest BCUT2D eigenvalue weighted by atomic mass is 32.2. The van der Waals surface area contributed by atoms with Crippen LogP contribution in [0.25, 0.3) is 0 Å². The summed E-state index contributed by atoms with van der Waals surface area (Å²) in [5.74, 6) is 1.10. The maximum Gasteiger partial charge on any atom is 0.417 e. The third-order valence-electron chi connectivity index (χ3n) is 2.81. The first kappa shape index (κ1) is 15.4. The first-order valence-electron chi connectivity index (χ1n) is 5.91. The van der Waals surface area contributed by atoms with Crippen LogP contribution < -0.4 is 5.73 Å². The fraction of sp³-hybridized carbons (Fsp3) is 0.538. The lowest BCUT2D eigenvalue weighted by molar-refractivity contribution is -0.139. The van der Waals surface area contributed by atoms with E-state index >= 15 is 0 Å². The first-order valence-corrected chi connectivity index (χ1v) is 6.90. The van der Waals surface area contributed by atoms with Gasteiger partial charge in [0.2, 0.25) is 0 Å². The van der Waals surface area contributed by atoms with E-state index in [2.05, 4.69) is 0 Å². The minimum absolute atomic E-state index is 0.124. The van der Waals surface area contributed by atoms with Crippen LogP contribution in [0.3, 0.4) is 0 Å². The third-order valence-corrected chi connectivity index (χ3v) is 4.21. The Morgan fingerprint density at radius 3 is 2.50 bits per heavy atom. The third kappa shape index (κ3) is 4.21. The van der Waals surface area contributed by atoms with Crippen molar-refractivity contribution < 1.29 is 13.2 Å². The molecule has 18 heavy (non-hydrogen) atoms. The van der Waals surface area contributed by atoms with Gasteiger partial charge in [0.05, 0.1) is 5.56 Å². The molecule has 2 N–H and O–H groups in total. The number of hydrogen-bond donors (Lipinski definition) is 1. The summed E-state index contributed by atoms with van der Waals surface area (Å²) in [5, 5.41) is 0. The Morgan fingerprint density at radius 1 is 1.33 bits per heavy atom. The standard InChI is InChI=1S/C13H18F3NS/c1-3-9(2)8-18-12-5-4-10(7-17)6-11(12)13(14,15)16/h4-6,9H,3,7-8,17H2,1-2H3. The molecule has 0 aliphatic rings. The lowest BCUT2D eigenvalue weighted by atomic mass is 10.1. The molecule has 0 aromatic heterocycles. The van der Waals surface area contributed by atoms with Gasteiger partial charge >= 0.3 is 6.18 Å². The minimum Gasteiger partial charge on any atom is -0.326 e. The SMILES string of the molecule is CCC(C)CSc1ccc(CN)cc1C(F)(F)F. The predicted molar refractivity (Wildman–Crippen MR) is 69.5 cm³/mol. The molecule has 0 saturated carbocycles. The lowest BCUT2D eigenvalue weighted by Crippen LogP contribution is -2.09. The van der Waals surface area contributed by atoms with E-state index in [1.165, 1.54) is 17.8 Å². The number of benzene rings is 1. The number of alkyl halides is 3. The van der Waals surface area contributed by atoms with Crippen molar-refractivity contribution in [1.29, 1.82) is 0 Å². The number of hydrogen-bond acceptors (Lipinski definition) is 2. The molecule has 102 valence electrons. The smallest absolute Gasteiger partial charge is 0.326 e. The van der Waals surface area contributed by atoms with Crippen LogP contribution in [0.15, 0.2) is 23.1 Å². The van der Waals surface area contributed by atoms with Crippen molar-refractivity contribution in [2.45, 2.75) is 37.9 Å². The highest BCUT2D eigenvalue weighted by Crippen LogP contribution is 2.38. The van der Waals surface area contributed by atoms with E-state index in [0.29, 0.717) is 22.1 Å². The molecule has 1 atom stereocenters. The Balaban J connectivity index is 2.96. The van der Waals surface area contributed by atoms with Crippen LogP contribution >= 0.6 is 11.8 Å². The van der Waals surface area contributed by atoms with E-state index in [9.17, 15) is 13.2 Å². The van der Waals surface area contributed by atoms with Gasteiger partial charge in [0, 0.05) is 17.2 Å². The quantitative estimate of drug-likeness (QED) is 0.812. The summed E-state index contributed by atoms with van der Waals surface area (Å²) in [6, 6.07) is 4.34. The predicted octanol–water partition coefficient (Wildman–Crippen LogP) is 4.30. The maximum atomic E-state index is 12.9.